The van der Waals surface area contributed by atoms with Crippen molar-refractivity contribution in [2.24, 2.45) is 0 Å². The fraction of sp³-hybridized carbons (Fsp3) is 0.647. The molecule has 0 aliphatic carbocycles. The lowest BCUT2D eigenvalue weighted by Crippen LogP contribution is -2.44. The molecule has 0 unspecified atom stereocenters. The second-order valence-electron chi connectivity index (χ2n) is 6.18. The van der Waals surface area contributed by atoms with E-state index in [0.717, 1.165) is 18.9 Å². The molecule has 6 nitrogen and oxygen atoms in total. The van der Waals surface area contributed by atoms with Gasteiger partial charge in [-0.25, -0.2) is 4.79 Å². The van der Waals surface area contributed by atoms with E-state index in [1.807, 2.05) is 6.07 Å². The third-order valence-corrected chi connectivity index (χ3v) is 4.89. The van der Waals surface area contributed by atoms with Crippen LogP contribution in [0, 0.1) is 0 Å². The number of methoxy groups -OCH3 is 2. The molecule has 1 aromatic rings. The number of rotatable bonds is 4. The molecular formula is C17H25N3O3. The van der Waals surface area contributed by atoms with Crippen LogP contribution in [0.15, 0.2) is 12.1 Å². The first-order chi connectivity index (χ1) is 11.2. The zero-order valence-corrected chi connectivity index (χ0v) is 14.0. The molecule has 3 heterocycles. The Balaban J connectivity index is 1.67. The quantitative estimate of drug-likeness (QED) is 0.791. The van der Waals surface area contributed by atoms with Crippen LogP contribution in [0.25, 0.3) is 0 Å². The van der Waals surface area contributed by atoms with Crippen molar-refractivity contribution in [2.45, 2.75) is 31.7 Å². The van der Waals surface area contributed by atoms with E-state index in [2.05, 4.69) is 14.8 Å². The van der Waals surface area contributed by atoms with Crippen LogP contribution in [0.3, 0.4) is 0 Å². The standard InChI is InChI=1S/C17H25N3O3/c1-22-16-14(17(21)23-2)5-6-15(18-16)20-11-7-13(8-12-20)19-9-3-4-10-19/h5-6,13H,3-4,7-12H2,1-2H3. The van der Waals surface area contributed by atoms with Gasteiger partial charge in [-0.15, -0.1) is 0 Å². The Morgan fingerprint density at radius 3 is 2.43 bits per heavy atom. The van der Waals surface area contributed by atoms with Gasteiger partial charge in [-0.2, -0.15) is 4.98 Å². The summed E-state index contributed by atoms with van der Waals surface area (Å²) in [6.45, 7) is 4.50. The molecule has 2 aliphatic heterocycles. The van der Waals surface area contributed by atoms with Crippen molar-refractivity contribution >= 4 is 11.8 Å². The zero-order chi connectivity index (χ0) is 16.2. The summed E-state index contributed by atoms with van der Waals surface area (Å²) in [4.78, 5) is 21.1. The Labute approximate surface area is 137 Å². The topological polar surface area (TPSA) is 54.9 Å². The number of hydrogen-bond donors (Lipinski definition) is 0. The van der Waals surface area contributed by atoms with Gasteiger partial charge in [-0.05, 0) is 50.9 Å². The minimum absolute atomic E-state index is 0.330. The molecule has 23 heavy (non-hydrogen) atoms. The van der Waals surface area contributed by atoms with E-state index in [4.69, 9.17) is 9.47 Å². The predicted octanol–water partition coefficient (Wildman–Crippen LogP) is 1.94. The maximum absolute atomic E-state index is 11.7. The molecule has 0 saturated carbocycles. The average molecular weight is 319 g/mol. The monoisotopic (exact) mass is 319 g/mol. The SMILES string of the molecule is COC(=O)c1ccc(N2CCC(N3CCCC3)CC2)nc1OC. The Kier molecular flexibility index (Phi) is 5.00. The number of aromatic nitrogens is 1. The second-order valence-corrected chi connectivity index (χ2v) is 6.18. The first-order valence-corrected chi connectivity index (χ1v) is 8.35. The normalized spacial score (nSPS) is 19.8. The van der Waals surface area contributed by atoms with Crippen molar-refractivity contribution < 1.29 is 14.3 Å². The minimum atomic E-state index is -0.423. The Bertz CT molecular complexity index is 550. The first kappa shape index (κ1) is 16.1. The summed E-state index contributed by atoms with van der Waals surface area (Å²) in [7, 11) is 2.89. The summed E-state index contributed by atoms with van der Waals surface area (Å²) < 4.78 is 10.0. The zero-order valence-electron chi connectivity index (χ0n) is 14.0. The van der Waals surface area contributed by atoms with E-state index >= 15 is 0 Å². The highest BCUT2D eigenvalue weighted by atomic mass is 16.5. The summed E-state index contributed by atoms with van der Waals surface area (Å²) in [5, 5.41) is 0. The Morgan fingerprint density at radius 1 is 1.13 bits per heavy atom. The summed E-state index contributed by atoms with van der Waals surface area (Å²) >= 11 is 0. The van der Waals surface area contributed by atoms with Crippen molar-refractivity contribution in [3.05, 3.63) is 17.7 Å². The van der Waals surface area contributed by atoms with E-state index in [0.29, 0.717) is 17.5 Å². The first-order valence-electron chi connectivity index (χ1n) is 8.35. The number of anilines is 1. The molecule has 6 heteroatoms. The van der Waals surface area contributed by atoms with Crippen LogP contribution in [0.4, 0.5) is 5.82 Å². The number of pyridine rings is 1. The van der Waals surface area contributed by atoms with Gasteiger partial charge in [0, 0.05) is 19.1 Å². The third kappa shape index (κ3) is 3.42. The van der Waals surface area contributed by atoms with Crippen LogP contribution < -0.4 is 9.64 Å². The molecule has 0 bridgehead atoms. The van der Waals surface area contributed by atoms with Crippen LogP contribution in [-0.4, -0.2) is 62.3 Å². The Morgan fingerprint density at radius 2 is 1.83 bits per heavy atom. The van der Waals surface area contributed by atoms with Crippen molar-refractivity contribution in [3.63, 3.8) is 0 Å². The number of hydrogen-bond acceptors (Lipinski definition) is 6. The number of esters is 1. The summed E-state index contributed by atoms with van der Waals surface area (Å²) in [6.07, 6.45) is 5.02. The summed E-state index contributed by atoms with van der Waals surface area (Å²) in [5.41, 5.74) is 0.366. The van der Waals surface area contributed by atoms with Crippen LogP contribution in [0.5, 0.6) is 5.88 Å². The maximum Gasteiger partial charge on any atom is 0.343 e. The van der Waals surface area contributed by atoms with Gasteiger partial charge in [0.2, 0.25) is 5.88 Å². The molecule has 0 atom stereocenters. The van der Waals surface area contributed by atoms with Crippen molar-refractivity contribution in [3.8, 4) is 5.88 Å². The highest BCUT2D eigenvalue weighted by Gasteiger charge is 2.27. The lowest BCUT2D eigenvalue weighted by atomic mass is 10.0. The predicted molar refractivity (Wildman–Crippen MR) is 88.2 cm³/mol. The van der Waals surface area contributed by atoms with Crippen molar-refractivity contribution in [2.75, 3.05) is 45.3 Å². The summed E-state index contributed by atoms with van der Waals surface area (Å²) in [5.74, 6) is 0.777. The van der Waals surface area contributed by atoms with Crippen LogP contribution in [-0.2, 0) is 4.74 Å². The lowest BCUT2D eigenvalue weighted by molar-refractivity contribution is 0.0596. The van der Waals surface area contributed by atoms with E-state index in [1.165, 1.54) is 53.0 Å². The van der Waals surface area contributed by atoms with E-state index in [1.54, 1.807) is 6.07 Å². The van der Waals surface area contributed by atoms with E-state index in [-0.39, 0.29) is 0 Å². The molecule has 1 aromatic heterocycles. The second kappa shape index (κ2) is 7.17. The number of nitrogens with zero attached hydrogens (tertiary/aromatic N) is 3. The molecule has 0 spiro atoms. The fourth-order valence-electron chi connectivity index (χ4n) is 3.59. The van der Waals surface area contributed by atoms with Crippen LogP contribution >= 0.6 is 0 Å². The van der Waals surface area contributed by atoms with Gasteiger partial charge in [0.1, 0.15) is 11.4 Å². The molecule has 0 radical (unpaired) electrons. The molecule has 2 fully saturated rings. The van der Waals surface area contributed by atoms with Gasteiger partial charge in [-0.1, -0.05) is 0 Å². The number of carbonyl (C=O) groups is 1. The summed E-state index contributed by atoms with van der Waals surface area (Å²) in [6, 6.07) is 4.33. The molecular weight excluding hydrogens is 294 g/mol. The van der Waals surface area contributed by atoms with E-state index < -0.39 is 5.97 Å². The smallest absolute Gasteiger partial charge is 0.343 e. The number of carbonyl (C=O) groups excluding carboxylic acids is 1. The number of piperidine rings is 1. The van der Waals surface area contributed by atoms with Gasteiger partial charge in [0.25, 0.3) is 0 Å². The van der Waals surface area contributed by atoms with Crippen molar-refractivity contribution in [1.82, 2.24) is 9.88 Å². The minimum Gasteiger partial charge on any atom is -0.480 e. The molecule has 3 rings (SSSR count). The van der Waals surface area contributed by atoms with Gasteiger partial charge in [-0.3, -0.25) is 0 Å². The number of likely N-dealkylation sites (tertiary alicyclic amines) is 1. The largest absolute Gasteiger partial charge is 0.480 e. The highest BCUT2D eigenvalue weighted by molar-refractivity contribution is 5.92. The van der Waals surface area contributed by atoms with E-state index in [9.17, 15) is 4.79 Å². The van der Waals surface area contributed by atoms with Gasteiger partial charge >= 0.3 is 5.97 Å². The molecule has 0 N–H and O–H groups in total. The number of ether oxygens (including phenoxy) is 2. The molecule has 2 aliphatic rings. The fourth-order valence-corrected chi connectivity index (χ4v) is 3.59. The van der Waals surface area contributed by atoms with Gasteiger partial charge in [0.15, 0.2) is 0 Å². The average Bonchev–Trinajstić information content (AvgIpc) is 3.15. The van der Waals surface area contributed by atoms with Crippen molar-refractivity contribution in [1.29, 1.82) is 0 Å². The van der Waals surface area contributed by atoms with Crippen LogP contribution in [0.1, 0.15) is 36.0 Å². The highest BCUT2D eigenvalue weighted by Crippen LogP contribution is 2.26. The van der Waals surface area contributed by atoms with Gasteiger partial charge < -0.3 is 19.3 Å². The van der Waals surface area contributed by atoms with Crippen LogP contribution in [0.2, 0.25) is 0 Å². The van der Waals surface area contributed by atoms with Gasteiger partial charge in [0.05, 0.1) is 14.2 Å². The molecule has 126 valence electrons. The maximum atomic E-state index is 11.7. The molecule has 2 saturated heterocycles. The lowest BCUT2D eigenvalue weighted by Gasteiger charge is -2.37. The molecule has 0 aromatic carbocycles. The Hall–Kier alpha value is -1.82. The third-order valence-electron chi connectivity index (χ3n) is 4.89. The molecule has 0 amide bonds.